The molecule has 1 heterocycles. The van der Waals surface area contributed by atoms with E-state index in [0.717, 1.165) is 45.7 Å². The van der Waals surface area contributed by atoms with E-state index in [4.69, 9.17) is 9.47 Å². The van der Waals surface area contributed by atoms with Gasteiger partial charge >= 0.3 is 0 Å². The summed E-state index contributed by atoms with van der Waals surface area (Å²) in [4.78, 5) is 30.4. The van der Waals surface area contributed by atoms with E-state index in [2.05, 4.69) is 4.90 Å². The lowest BCUT2D eigenvalue weighted by atomic mass is 10.0. The molecule has 0 bridgehead atoms. The highest BCUT2D eigenvalue weighted by molar-refractivity contribution is 5.88. The lowest BCUT2D eigenvalue weighted by molar-refractivity contribution is -0.139. The topological polar surface area (TPSA) is 62.3 Å². The molecule has 0 aromatic rings. The molecular weight excluding hydrogens is 322 g/mol. The molecule has 1 saturated heterocycles. The summed E-state index contributed by atoms with van der Waals surface area (Å²) in [5.74, 6) is -0.158. The normalized spacial score (nSPS) is 27.6. The van der Waals surface area contributed by atoms with Crippen LogP contribution < -0.4 is 0 Å². The van der Waals surface area contributed by atoms with Crippen LogP contribution in [0.2, 0.25) is 0 Å². The molecule has 2 amide bonds. The van der Waals surface area contributed by atoms with E-state index in [0.29, 0.717) is 0 Å². The van der Waals surface area contributed by atoms with Crippen molar-refractivity contribution in [3.05, 3.63) is 12.2 Å². The number of carbonyl (C=O) groups is 2. The van der Waals surface area contributed by atoms with Crippen LogP contribution in [0.3, 0.4) is 0 Å². The zero-order valence-corrected chi connectivity index (χ0v) is 15.8. The van der Waals surface area contributed by atoms with Crippen LogP contribution in [0.5, 0.6) is 0 Å². The predicted molar refractivity (Wildman–Crippen MR) is 95.2 cm³/mol. The molecule has 2 aliphatic rings. The zero-order valence-electron chi connectivity index (χ0n) is 15.8. The smallest absolute Gasteiger partial charge is 0.246 e. The number of hydrogen-bond donors (Lipinski definition) is 0. The van der Waals surface area contributed by atoms with Gasteiger partial charge in [0.2, 0.25) is 11.8 Å². The van der Waals surface area contributed by atoms with Gasteiger partial charge in [-0.3, -0.25) is 14.5 Å². The summed E-state index contributed by atoms with van der Waals surface area (Å²) in [6, 6.07) is -0.0700. The molecule has 1 saturated carbocycles. The molecular formula is C18H31N3O4. The van der Waals surface area contributed by atoms with Crippen molar-refractivity contribution in [1.29, 1.82) is 0 Å². The van der Waals surface area contributed by atoms with Crippen molar-refractivity contribution in [2.24, 2.45) is 5.92 Å². The van der Waals surface area contributed by atoms with E-state index in [9.17, 15) is 9.59 Å². The molecule has 1 aliphatic carbocycles. The molecule has 3 atom stereocenters. The highest BCUT2D eigenvalue weighted by atomic mass is 16.5. The predicted octanol–water partition coefficient (Wildman–Crippen LogP) is 0.215. The molecule has 142 valence electrons. The van der Waals surface area contributed by atoms with E-state index >= 15 is 0 Å². The third-order valence-electron chi connectivity index (χ3n) is 5.15. The minimum atomic E-state index is -0.253. The molecule has 0 aromatic carbocycles. The molecule has 7 nitrogen and oxygen atoms in total. The molecule has 2 fully saturated rings. The van der Waals surface area contributed by atoms with Crippen LogP contribution in [0, 0.1) is 5.92 Å². The Hall–Kier alpha value is -1.44. The van der Waals surface area contributed by atoms with Crippen molar-refractivity contribution in [3.8, 4) is 0 Å². The average Bonchev–Trinajstić information content (AvgIpc) is 3.04. The molecule has 25 heavy (non-hydrogen) atoms. The number of likely N-dealkylation sites (N-methyl/N-ethyl adjacent to an activating group) is 1. The largest absolute Gasteiger partial charge is 0.379 e. The fourth-order valence-corrected chi connectivity index (χ4v) is 3.65. The number of carbonyl (C=O) groups excluding carboxylic acids is 2. The van der Waals surface area contributed by atoms with E-state index < -0.39 is 0 Å². The molecule has 0 spiro atoms. The minimum Gasteiger partial charge on any atom is -0.379 e. The van der Waals surface area contributed by atoms with Gasteiger partial charge in [0.05, 0.1) is 31.3 Å². The maximum Gasteiger partial charge on any atom is 0.246 e. The summed E-state index contributed by atoms with van der Waals surface area (Å²) >= 11 is 0. The van der Waals surface area contributed by atoms with Crippen molar-refractivity contribution in [2.45, 2.75) is 25.0 Å². The summed E-state index contributed by atoms with van der Waals surface area (Å²) < 4.78 is 10.9. The van der Waals surface area contributed by atoms with E-state index in [1.54, 1.807) is 44.1 Å². The number of hydrogen-bond acceptors (Lipinski definition) is 5. The summed E-state index contributed by atoms with van der Waals surface area (Å²) in [6.45, 7) is 4.05. The monoisotopic (exact) mass is 353 g/mol. The Labute approximate surface area is 150 Å². The second-order valence-electron chi connectivity index (χ2n) is 6.95. The van der Waals surface area contributed by atoms with Crippen LogP contribution >= 0.6 is 0 Å². The van der Waals surface area contributed by atoms with Crippen molar-refractivity contribution in [2.75, 3.05) is 61.1 Å². The van der Waals surface area contributed by atoms with Gasteiger partial charge in [-0.15, -0.1) is 0 Å². The first-order chi connectivity index (χ1) is 12.0. The Morgan fingerprint density at radius 2 is 1.88 bits per heavy atom. The van der Waals surface area contributed by atoms with Crippen molar-refractivity contribution >= 4 is 11.8 Å². The van der Waals surface area contributed by atoms with Crippen molar-refractivity contribution < 1.29 is 19.1 Å². The van der Waals surface area contributed by atoms with Gasteiger partial charge in [-0.05, 0) is 12.8 Å². The zero-order chi connectivity index (χ0) is 18.4. The first-order valence-corrected chi connectivity index (χ1v) is 8.93. The molecule has 0 aromatic heterocycles. The SMILES string of the molecule is CO[C@@H]1[C@H](N(C)C(=O)/C=C/CN2CCOCC2)CC[C@H]1C(=O)N(C)C. The number of amides is 2. The van der Waals surface area contributed by atoms with Crippen LogP contribution in [0.4, 0.5) is 0 Å². The Morgan fingerprint density at radius 1 is 1.20 bits per heavy atom. The summed E-state index contributed by atoms with van der Waals surface area (Å²) in [5.41, 5.74) is 0. The second kappa shape index (κ2) is 9.31. The van der Waals surface area contributed by atoms with Crippen LogP contribution in [-0.2, 0) is 19.1 Å². The van der Waals surface area contributed by atoms with Gasteiger partial charge in [0.15, 0.2) is 0 Å². The van der Waals surface area contributed by atoms with Gasteiger partial charge in [0.1, 0.15) is 0 Å². The van der Waals surface area contributed by atoms with Gasteiger partial charge in [-0.25, -0.2) is 0 Å². The van der Waals surface area contributed by atoms with E-state index in [-0.39, 0.29) is 29.9 Å². The Kier molecular flexibility index (Phi) is 7.40. The minimum absolute atomic E-state index is 0.0433. The van der Waals surface area contributed by atoms with Gasteiger partial charge in [0, 0.05) is 54.0 Å². The number of rotatable bonds is 6. The van der Waals surface area contributed by atoms with Gasteiger partial charge < -0.3 is 19.3 Å². The van der Waals surface area contributed by atoms with Gasteiger partial charge in [-0.1, -0.05) is 6.08 Å². The molecule has 1 aliphatic heterocycles. The quantitative estimate of drug-likeness (QED) is 0.639. The maximum atomic E-state index is 12.5. The third-order valence-corrected chi connectivity index (χ3v) is 5.15. The van der Waals surface area contributed by atoms with Crippen LogP contribution in [0.25, 0.3) is 0 Å². The Balaban J connectivity index is 1.90. The lowest BCUT2D eigenvalue weighted by Gasteiger charge is -2.31. The fraction of sp³-hybridized carbons (Fsp3) is 0.778. The molecule has 0 radical (unpaired) electrons. The second-order valence-corrected chi connectivity index (χ2v) is 6.95. The molecule has 0 unspecified atom stereocenters. The molecule has 7 heteroatoms. The van der Waals surface area contributed by atoms with E-state index in [1.807, 2.05) is 6.08 Å². The highest BCUT2D eigenvalue weighted by Crippen LogP contribution is 2.32. The average molecular weight is 353 g/mol. The molecule has 0 N–H and O–H groups in total. The first-order valence-electron chi connectivity index (χ1n) is 8.93. The summed E-state index contributed by atoms with van der Waals surface area (Å²) in [6.07, 6.45) is 4.81. The summed E-state index contributed by atoms with van der Waals surface area (Å²) in [7, 11) is 6.92. The van der Waals surface area contributed by atoms with Crippen LogP contribution in [0.1, 0.15) is 12.8 Å². The fourth-order valence-electron chi connectivity index (χ4n) is 3.65. The van der Waals surface area contributed by atoms with Crippen molar-refractivity contribution in [1.82, 2.24) is 14.7 Å². The Morgan fingerprint density at radius 3 is 2.48 bits per heavy atom. The number of nitrogens with zero attached hydrogens (tertiary/aromatic N) is 3. The third kappa shape index (κ3) is 5.03. The number of ether oxygens (including phenoxy) is 2. The molecule has 2 rings (SSSR count). The number of methoxy groups -OCH3 is 1. The van der Waals surface area contributed by atoms with E-state index in [1.165, 1.54) is 0 Å². The lowest BCUT2D eigenvalue weighted by Crippen LogP contribution is -2.46. The maximum absolute atomic E-state index is 12.5. The van der Waals surface area contributed by atoms with Crippen LogP contribution in [-0.4, -0.2) is 99.8 Å². The van der Waals surface area contributed by atoms with Crippen LogP contribution in [0.15, 0.2) is 12.2 Å². The van der Waals surface area contributed by atoms with Gasteiger partial charge in [0.25, 0.3) is 0 Å². The standard InChI is InChI=1S/C18H31N3O4/c1-19(2)18(23)14-7-8-15(17(14)24-4)20(3)16(22)6-5-9-21-10-12-25-13-11-21/h5-6,14-15,17H,7-13H2,1-4H3/b6-5+/t14-,15-,17+/m1/s1. The summed E-state index contributed by atoms with van der Waals surface area (Å²) in [5, 5.41) is 0. The van der Waals surface area contributed by atoms with Gasteiger partial charge in [-0.2, -0.15) is 0 Å². The highest BCUT2D eigenvalue weighted by Gasteiger charge is 2.43. The first kappa shape index (κ1) is 19.9. The Bertz CT molecular complexity index is 489. The van der Waals surface area contributed by atoms with Crippen molar-refractivity contribution in [3.63, 3.8) is 0 Å². The number of morpholine rings is 1.